The summed E-state index contributed by atoms with van der Waals surface area (Å²) in [4.78, 5) is 0. The lowest BCUT2D eigenvalue weighted by Crippen LogP contribution is -2.00. The molecule has 0 radical (unpaired) electrons. The van der Waals surface area contributed by atoms with Crippen LogP contribution in [0.1, 0.15) is 31.9 Å². The van der Waals surface area contributed by atoms with Crippen molar-refractivity contribution in [3.8, 4) is 5.75 Å². The third-order valence-corrected chi connectivity index (χ3v) is 2.83. The Morgan fingerprint density at radius 1 is 1.33 bits per heavy atom. The van der Waals surface area contributed by atoms with Gasteiger partial charge >= 0.3 is 0 Å². The Bertz CT molecular complexity index is 340. The first kappa shape index (κ1) is 12.6. The van der Waals surface area contributed by atoms with Gasteiger partial charge < -0.3 is 9.84 Å². The minimum atomic E-state index is -0.648. The fraction of sp³-hybridized carbons (Fsp3) is 0.455. The maximum Gasteiger partial charge on any atom is 0.138 e. The number of rotatable bonds is 4. The van der Waals surface area contributed by atoms with Crippen molar-refractivity contribution in [3.63, 3.8) is 0 Å². The molecular weight excluding hydrogens is 235 g/mol. The molecule has 1 N–H and O–H groups in total. The minimum Gasteiger partial charge on any atom is -0.492 e. The monoisotopic (exact) mass is 248 g/mol. The van der Waals surface area contributed by atoms with Crippen molar-refractivity contribution < 1.29 is 9.84 Å². The first-order valence-corrected chi connectivity index (χ1v) is 5.66. The predicted molar refractivity (Wildman–Crippen MR) is 62.9 cm³/mol. The molecule has 0 heterocycles. The zero-order valence-corrected chi connectivity index (χ0v) is 10.3. The minimum absolute atomic E-state index is 0.402. The fourth-order valence-electron chi connectivity index (χ4n) is 1.33. The summed E-state index contributed by atoms with van der Waals surface area (Å²) < 4.78 is 5.33. The van der Waals surface area contributed by atoms with Crippen LogP contribution in [-0.2, 0) is 0 Å². The van der Waals surface area contributed by atoms with Gasteiger partial charge in [-0.2, -0.15) is 0 Å². The van der Waals surface area contributed by atoms with Crippen LogP contribution in [0.3, 0.4) is 0 Å². The van der Waals surface area contributed by atoms with Gasteiger partial charge in [-0.15, -0.1) is 0 Å². The van der Waals surface area contributed by atoms with Gasteiger partial charge in [-0.1, -0.05) is 30.1 Å². The lowest BCUT2D eigenvalue weighted by Gasteiger charge is -2.15. The standard InChI is InChI=1S/C11H14Cl2O2/c1-3-8(14)10-7(12)5-6-9(11(10)13)15-4-2/h5-6,8,14H,3-4H2,1-2H3. The highest BCUT2D eigenvalue weighted by Gasteiger charge is 2.17. The molecule has 1 rings (SSSR count). The van der Waals surface area contributed by atoms with Crippen molar-refractivity contribution in [1.82, 2.24) is 0 Å². The van der Waals surface area contributed by atoms with Crippen LogP contribution in [0.15, 0.2) is 12.1 Å². The Balaban J connectivity index is 3.17. The zero-order valence-electron chi connectivity index (χ0n) is 8.76. The van der Waals surface area contributed by atoms with Crippen LogP contribution < -0.4 is 4.74 Å². The van der Waals surface area contributed by atoms with Gasteiger partial charge in [-0.05, 0) is 25.5 Å². The number of hydrogen-bond acceptors (Lipinski definition) is 2. The highest BCUT2D eigenvalue weighted by atomic mass is 35.5. The highest BCUT2D eigenvalue weighted by Crippen LogP contribution is 2.38. The lowest BCUT2D eigenvalue weighted by atomic mass is 10.1. The summed E-state index contributed by atoms with van der Waals surface area (Å²) >= 11 is 12.1. The van der Waals surface area contributed by atoms with E-state index in [9.17, 15) is 5.11 Å². The van der Waals surface area contributed by atoms with E-state index in [1.807, 2.05) is 13.8 Å². The number of aliphatic hydroxyl groups is 1. The molecule has 15 heavy (non-hydrogen) atoms. The summed E-state index contributed by atoms with van der Waals surface area (Å²) in [6, 6.07) is 3.40. The lowest BCUT2D eigenvalue weighted by molar-refractivity contribution is 0.173. The summed E-state index contributed by atoms with van der Waals surface area (Å²) in [6.07, 6.45) is -0.0833. The molecule has 0 aromatic heterocycles. The summed E-state index contributed by atoms with van der Waals surface area (Å²) in [5.74, 6) is 0.561. The topological polar surface area (TPSA) is 29.5 Å². The van der Waals surface area contributed by atoms with Crippen molar-refractivity contribution in [2.24, 2.45) is 0 Å². The molecule has 1 aromatic rings. The molecule has 1 unspecified atom stereocenters. The predicted octanol–water partition coefficient (Wildman–Crippen LogP) is 3.84. The van der Waals surface area contributed by atoms with Gasteiger partial charge in [0.2, 0.25) is 0 Å². The number of hydrogen-bond donors (Lipinski definition) is 1. The molecule has 0 saturated heterocycles. The number of ether oxygens (including phenoxy) is 1. The van der Waals surface area contributed by atoms with Crippen molar-refractivity contribution in [1.29, 1.82) is 0 Å². The molecule has 1 aromatic carbocycles. The molecule has 0 spiro atoms. The van der Waals surface area contributed by atoms with E-state index in [4.69, 9.17) is 27.9 Å². The van der Waals surface area contributed by atoms with Crippen molar-refractivity contribution in [2.45, 2.75) is 26.4 Å². The second-order valence-corrected chi connectivity index (χ2v) is 3.92. The molecule has 0 bridgehead atoms. The summed E-state index contributed by atoms with van der Waals surface area (Å²) in [6.45, 7) is 4.27. The van der Waals surface area contributed by atoms with Gasteiger partial charge in [0.25, 0.3) is 0 Å². The molecule has 0 aliphatic heterocycles. The maximum atomic E-state index is 9.76. The summed E-state index contributed by atoms with van der Waals surface area (Å²) in [7, 11) is 0. The first-order chi connectivity index (χ1) is 7.11. The quantitative estimate of drug-likeness (QED) is 0.878. The van der Waals surface area contributed by atoms with Gasteiger partial charge in [-0.25, -0.2) is 0 Å². The first-order valence-electron chi connectivity index (χ1n) is 4.90. The van der Waals surface area contributed by atoms with E-state index in [1.54, 1.807) is 12.1 Å². The van der Waals surface area contributed by atoms with Crippen LogP contribution in [-0.4, -0.2) is 11.7 Å². The fourth-order valence-corrected chi connectivity index (χ4v) is 2.00. The van der Waals surface area contributed by atoms with Crippen molar-refractivity contribution >= 4 is 23.2 Å². The molecule has 2 nitrogen and oxygen atoms in total. The Morgan fingerprint density at radius 2 is 2.00 bits per heavy atom. The molecule has 4 heteroatoms. The normalized spacial score (nSPS) is 12.6. The van der Waals surface area contributed by atoms with E-state index in [0.717, 1.165) is 0 Å². The van der Waals surface area contributed by atoms with E-state index in [2.05, 4.69) is 0 Å². The van der Waals surface area contributed by atoms with E-state index in [-0.39, 0.29) is 0 Å². The molecule has 0 saturated carbocycles. The highest BCUT2D eigenvalue weighted by molar-refractivity contribution is 6.37. The number of halogens is 2. The third kappa shape index (κ3) is 2.77. The zero-order chi connectivity index (χ0) is 11.4. The van der Waals surface area contributed by atoms with Crippen molar-refractivity contribution in [3.05, 3.63) is 27.7 Å². The van der Waals surface area contributed by atoms with Crippen LogP contribution in [0.2, 0.25) is 10.0 Å². The Labute approximate surface area is 99.8 Å². The van der Waals surface area contributed by atoms with E-state index in [1.165, 1.54) is 0 Å². The molecule has 0 fully saturated rings. The van der Waals surface area contributed by atoms with E-state index < -0.39 is 6.10 Å². The van der Waals surface area contributed by atoms with Gasteiger partial charge in [0.15, 0.2) is 0 Å². The van der Waals surface area contributed by atoms with E-state index >= 15 is 0 Å². The van der Waals surface area contributed by atoms with Crippen LogP contribution in [0.25, 0.3) is 0 Å². The van der Waals surface area contributed by atoms with E-state index in [0.29, 0.717) is 34.4 Å². The van der Waals surface area contributed by atoms with Gasteiger partial charge in [0.1, 0.15) is 5.75 Å². The molecule has 84 valence electrons. The summed E-state index contributed by atoms with van der Waals surface area (Å²) in [5, 5.41) is 10.6. The number of benzene rings is 1. The van der Waals surface area contributed by atoms with Gasteiger partial charge in [-0.3, -0.25) is 0 Å². The van der Waals surface area contributed by atoms with Crippen LogP contribution in [0, 0.1) is 0 Å². The van der Waals surface area contributed by atoms with Gasteiger partial charge in [0.05, 0.1) is 17.7 Å². The molecule has 0 amide bonds. The van der Waals surface area contributed by atoms with Crippen molar-refractivity contribution in [2.75, 3.05) is 6.61 Å². The molecular formula is C11H14Cl2O2. The van der Waals surface area contributed by atoms with Crippen LogP contribution >= 0.6 is 23.2 Å². The van der Waals surface area contributed by atoms with Crippen LogP contribution in [0.4, 0.5) is 0 Å². The average Bonchev–Trinajstić information content (AvgIpc) is 2.22. The Kier molecular flexibility index (Phi) is 4.71. The number of aliphatic hydroxyl groups excluding tert-OH is 1. The molecule has 0 aliphatic rings. The third-order valence-electron chi connectivity index (χ3n) is 2.11. The summed E-state index contributed by atoms with van der Waals surface area (Å²) in [5.41, 5.74) is 0.548. The smallest absolute Gasteiger partial charge is 0.138 e. The van der Waals surface area contributed by atoms with Crippen LogP contribution in [0.5, 0.6) is 5.75 Å². The Hall–Kier alpha value is -0.440. The second-order valence-electron chi connectivity index (χ2n) is 3.13. The Morgan fingerprint density at radius 3 is 2.53 bits per heavy atom. The molecule has 0 aliphatic carbocycles. The SMILES string of the molecule is CCOc1ccc(Cl)c(C(O)CC)c1Cl. The largest absolute Gasteiger partial charge is 0.492 e. The van der Waals surface area contributed by atoms with Gasteiger partial charge in [0, 0.05) is 10.6 Å². The average molecular weight is 249 g/mol. The maximum absolute atomic E-state index is 9.76. The molecule has 1 atom stereocenters. The second kappa shape index (κ2) is 5.59.